The van der Waals surface area contributed by atoms with Crippen molar-refractivity contribution in [3.63, 3.8) is 0 Å². The molecular weight excluding hydrogens is 440 g/mol. The largest absolute Gasteiger partial charge is 0.352 e. The summed E-state index contributed by atoms with van der Waals surface area (Å²) in [5.41, 5.74) is 4.40. The third-order valence-electron chi connectivity index (χ3n) is 5.51. The van der Waals surface area contributed by atoms with Crippen molar-refractivity contribution in [3.8, 4) is 0 Å². The fraction of sp³-hybridized carbons (Fsp3) is 0.310. The molecule has 4 nitrogen and oxygen atoms in total. The summed E-state index contributed by atoms with van der Waals surface area (Å²) in [6.45, 7) is 6.33. The number of nitrogens with one attached hydrogen (secondary N) is 1. The molecule has 0 heterocycles. The van der Waals surface area contributed by atoms with Gasteiger partial charge in [0.05, 0.1) is 5.75 Å². The predicted molar refractivity (Wildman–Crippen MR) is 142 cm³/mol. The van der Waals surface area contributed by atoms with Gasteiger partial charge in [-0.15, -0.1) is 11.8 Å². The van der Waals surface area contributed by atoms with Gasteiger partial charge in [0.1, 0.15) is 6.04 Å². The van der Waals surface area contributed by atoms with Crippen LogP contribution < -0.4 is 5.32 Å². The van der Waals surface area contributed by atoms with Gasteiger partial charge in [-0.1, -0.05) is 90.5 Å². The van der Waals surface area contributed by atoms with Crippen molar-refractivity contribution in [1.29, 1.82) is 0 Å². The maximum Gasteiger partial charge on any atom is 0.243 e. The molecule has 0 unspecified atom stereocenters. The summed E-state index contributed by atoms with van der Waals surface area (Å²) in [4.78, 5) is 28.6. The molecule has 0 aliphatic heterocycles. The minimum absolute atomic E-state index is 0.00504. The SMILES string of the molecule is Cc1ccc(CN(C(=O)CSCc2ccccc2)[C@@H](Cc2ccccc2)C(=O)NC(C)C)cc1. The van der Waals surface area contributed by atoms with Crippen molar-refractivity contribution < 1.29 is 9.59 Å². The highest BCUT2D eigenvalue weighted by Gasteiger charge is 2.30. The lowest BCUT2D eigenvalue weighted by Crippen LogP contribution is -2.52. The lowest BCUT2D eigenvalue weighted by molar-refractivity contribution is -0.139. The van der Waals surface area contributed by atoms with Gasteiger partial charge >= 0.3 is 0 Å². The number of amides is 2. The molecule has 2 amide bonds. The molecule has 0 saturated heterocycles. The van der Waals surface area contributed by atoms with E-state index in [4.69, 9.17) is 0 Å². The van der Waals surface area contributed by atoms with Crippen LogP contribution >= 0.6 is 11.8 Å². The standard InChI is InChI=1S/C29H34N2O2S/c1-22(2)30-29(33)27(18-24-10-6-4-7-11-24)31(19-25-16-14-23(3)15-17-25)28(32)21-34-20-26-12-8-5-9-13-26/h4-17,22,27H,18-21H2,1-3H3,(H,30,33)/t27-/m0/s1. The van der Waals surface area contributed by atoms with Gasteiger partial charge in [0.15, 0.2) is 0 Å². The molecule has 3 rings (SSSR count). The van der Waals surface area contributed by atoms with E-state index in [-0.39, 0.29) is 17.9 Å². The number of thioether (sulfide) groups is 1. The molecule has 5 heteroatoms. The van der Waals surface area contributed by atoms with E-state index in [2.05, 4.69) is 17.4 Å². The topological polar surface area (TPSA) is 49.4 Å². The van der Waals surface area contributed by atoms with E-state index < -0.39 is 6.04 Å². The number of hydrogen-bond acceptors (Lipinski definition) is 3. The van der Waals surface area contributed by atoms with E-state index in [1.165, 1.54) is 11.1 Å². The molecule has 0 bridgehead atoms. The molecule has 3 aromatic carbocycles. The Bertz CT molecular complexity index is 1040. The number of carbonyl (C=O) groups is 2. The Labute approximate surface area is 207 Å². The quantitative estimate of drug-likeness (QED) is 0.405. The Balaban J connectivity index is 1.84. The molecular formula is C29H34N2O2S. The maximum absolute atomic E-state index is 13.6. The number of benzene rings is 3. The van der Waals surface area contributed by atoms with E-state index >= 15 is 0 Å². The minimum Gasteiger partial charge on any atom is -0.352 e. The second kappa shape index (κ2) is 13.0. The van der Waals surface area contributed by atoms with E-state index in [1.54, 1.807) is 16.7 Å². The average molecular weight is 475 g/mol. The van der Waals surface area contributed by atoms with Crippen LogP contribution in [0.15, 0.2) is 84.9 Å². The fourth-order valence-corrected chi connectivity index (χ4v) is 4.61. The van der Waals surface area contributed by atoms with E-state index in [0.29, 0.717) is 18.7 Å². The van der Waals surface area contributed by atoms with Crippen LogP contribution in [0.25, 0.3) is 0 Å². The van der Waals surface area contributed by atoms with Crippen LogP contribution in [0.2, 0.25) is 0 Å². The first-order valence-electron chi connectivity index (χ1n) is 11.7. The van der Waals surface area contributed by atoms with E-state index in [0.717, 1.165) is 16.9 Å². The molecule has 0 aliphatic carbocycles. The zero-order chi connectivity index (χ0) is 24.3. The van der Waals surface area contributed by atoms with Gasteiger partial charge in [0.2, 0.25) is 11.8 Å². The summed E-state index contributed by atoms with van der Waals surface area (Å²) in [6.07, 6.45) is 0.473. The van der Waals surface area contributed by atoms with Crippen molar-refractivity contribution in [2.24, 2.45) is 0 Å². The molecule has 3 aromatic rings. The number of aryl methyl sites for hydroxylation is 1. The van der Waals surface area contributed by atoms with Crippen molar-refractivity contribution in [2.45, 2.75) is 51.6 Å². The Hall–Kier alpha value is -3.05. The number of nitrogens with zero attached hydrogens (tertiary/aromatic N) is 1. The van der Waals surface area contributed by atoms with Crippen molar-refractivity contribution >= 4 is 23.6 Å². The van der Waals surface area contributed by atoms with Crippen LogP contribution in [0.1, 0.15) is 36.1 Å². The van der Waals surface area contributed by atoms with Gasteiger partial charge < -0.3 is 10.2 Å². The second-order valence-corrected chi connectivity index (χ2v) is 9.84. The highest BCUT2D eigenvalue weighted by atomic mass is 32.2. The number of rotatable bonds is 11. The molecule has 1 N–H and O–H groups in total. The van der Waals surface area contributed by atoms with Crippen molar-refractivity contribution in [3.05, 3.63) is 107 Å². The van der Waals surface area contributed by atoms with Gasteiger partial charge in [-0.2, -0.15) is 0 Å². The molecule has 0 spiro atoms. The van der Waals surface area contributed by atoms with Crippen LogP contribution in [0.4, 0.5) is 0 Å². The Morgan fingerprint density at radius 3 is 2.00 bits per heavy atom. The van der Waals surface area contributed by atoms with Crippen LogP contribution in [-0.2, 0) is 28.3 Å². The summed E-state index contributed by atoms with van der Waals surface area (Å²) in [5, 5.41) is 3.04. The Kier molecular flexibility index (Phi) is 9.77. The molecule has 0 saturated carbocycles. The molecule has 0 radical (unpaired) electrons. The first kappa shape index (κ1) is 25.6. The van der Waals surface area contributed by atoms with Crippen LogP contribution in [0, 0.1) is 6.92 Å². The van der Waals surface area contributed by atoms with E-state index in [9.17, 15) is 9.59 Å². The summed E-state index contributed by atoms with van der Waals surface area (Å²) in [6, 6.07) is 27.6. The normalized spacial score (nSPS) is 11.8. The van der Waals surface area contributed by atoms with Crippen molar-refractivity contribution in [2.75, 3.05) is 5.75 Å². The lowest BCUT2D eigenvalue weighted by Gasteiger charge is -2.32. The highest BCUT2D eigenvalue weighted by Crippen LogP contribution is 2.19. The third kappa shape index (κ3) is 8.07. The molecule has 1 atom stereocenters. The smallest absolute Gasteiger partial charge is 0.243 e. The summed E-state index contributed by atoms with van der Waals surface area (Å²) in [7, 11) is 0. The summed E-state index contributed by atoms with van der Waals surface area (Å²) < 4.78 is 0. The predicted octanol–water partition coefficient (Wildman–Crippen LogP) is 5.39. The van der Waals surface area contributed by atoms with Crippen molar-refractivity contribution in [1.82, 2.24) is 10.2 Å². The molecule has 0 aromatic heterocycles. The van der Waals surface area contributed by atoms with Gasteiger partial charge in [-0.25, -0.2) is 0 Å². The van der Waals surface area contributed by atoms with Crippen LogP contribution in [0.3, 0.4) is 0 Å². The molecule has 0 fully saturated rings. The zero-order valence-corrected chi connectivity index (χ0v) is 21.1. The summed E-state index contributed by atoms with van der Waals surface area (Å²) in [5.74, 6) is 0.932. The number of carbonyl (C=O) groups excluding carboxylic acids is 2. The van der Waals surface area contributed by atoms with Gasteiger partial charge in [0.25, 0.3) is 0 Å². The van der Waals surface area contributed by atoms with Gasteiger partial charge in [-0.05, 0) is 37.5 Å². The second-order valence-electron chi connectivity index (χ2n) is 8.85. The Morgan fingerprint density at radius 1 is 0.824 bits per heavy atom. The van der Waals surface area contributed by atoms with E-state index in [1.807, 2.05) is 93.6 Å². The van der Waals surface area contributed by atoms with Gasteiger partial charge in [0, 0.05) is 24.8 Å². The third-order valence-corrected chi connectivity index (χ3v) is 6.50. The number of hydrogen-bond donors (Lipinski definition) is 1. The minimum atomic E-state index is -0.587. The van der Waals surface area contributed by atoms with Crippen LogP contribution in [0.5, 0.6) is 0 Å². The first-order chi connectivity index (χ1) is 16.4. The first-order valence-corrected chi connectivity index (χ1v) is 12.9. The average Bonchev–Trinajstić information content (AvgIpc) is 2.83. The Morgan fingerprint density at radius 2 is 1.41 bits per heavy atom. The van der Waals surface area contributed by atoms with Gasteiger partial charge in [-0.3, -0.25) is 9.59 Å². The monoisotopic (exact) mass is 474 g/mol. The molecule has 34 heavy (non-hydrogen) atoms. The fourth-order valence-electron chi connectivity index (χ4n) is 3.74. The lowest BCUT2D eigenvalue weighted by atomic mass is 10.0. The zero-order valence-electron chi connectivity index (χ0n) is 20.2. The highest BCUT2D eigenvalue weighted by molar-refractivity contribution is 7.99. The maximum atomic E-state index is 13.6. The summed E-state index contributed by atoms with van der Waals surface area (Å²) >= 11 is 1.58. The van der Waals surface area contributed by atoms with Crippen LogP contribution in [-0.4, -0.2) is 34.6 Å². The molecule has 178 valence electrons. The molecule has 0 aliphatic rings.